The fraction of sp³-hybridized carbons (Fsp3) is 0.462. The Morgan fingerprint density at radius 3 is 2.74 bits per heavy atom. The van der Waals surface area contributed by atoms with Crippen LogP contribution in [0.25, 0.3) is 0 Å². The highest BCUT2D eigenvalue weighted by atomic mass is 19.4. The maximum Gasteiger partial charge on any atom is 0.416 e. The normalized spacial score (nSPS) is 19.2. The number of aliphatic imine (C=N–C) groups is 1. The second-order valence-corrected chi connectivity index (χ2v) is 4.37. The van der Waals surface area contributed by atoms with Crippen LogP contribution in [0.2, 0.25) is 0 Å². The zero-order valence-electron chi connectivity index (χ0n) is 10.3. The van der Waals surface area contributed by atoms with Crippen molar-refractivity contribution < 1.29 is 17.9 Å². The fourth-order valence-corrected chi connectivity index (χ4v) is 2.06. The second-order valence-electron chi connectivity index (χ2n) is 4.37. The first kappa shape index (κ1) is 13.9. The molecule has 1 aromatic rings. The number of ether oxygens (including phenoxy) is 1. The summed E-state index contributed by atoms with van der Waals surface area (Å²) in [6.45, 7) is 0.812. The van der Waals surface area contributed by atoms with Gasteiger partial charge >= 0.3 is 6.18 Å². The van der Waals surface area contributed by atoms with Gasteiger partial charge in [0.25, 0.3) is 0 Å². The Kier molecular flexibility index (Phi) is 4.09. The smallest absolute Gasteiger partial charge is 0.416 e. The summed E-state index contributed by atoms with van der Waals surface area (Å²) in [5.74, 6) is 0.539. The molecule has 0 fully saturated rings. The monoisotopic (exact) mass is 272 g/mol. The summed E-state index contributed by atoms with van der Waals surface area (Å²) < 4.78 is 44.0. The number of alkyl halides is 3. The van der Waals surface area contributed by atoms with Crippen LogP contribution >= 0.6 is 0 Å². The molecule has 104 valence electrons. The molecule has 0 bridgehead atoms. The second kappa shape index (κ2) is 5.61. The summed E-state index contributed by atoms with van der Waals surface area (Å²) in [4.78, 5) is 4.13. The summed E-state index contributed by atoms with van der Waals surface area (Å²) in [5.41, 5.74) is 5.01. The van der Waals surface area contributed by atoms with E-state index in [1.807, 2.05) is 0 Å². The predicted molar refractivity (Wildman–Crippen MR) is 66.0 cm³/mol. The van der Waals surface area contributed by atoms with E-state index >= 15 is 0 Å². The zero-order chi connectivity index (χ0) is 13.9. The molecular weight excluding hydrogens is 257 g/mol. The first-order valence-electron chi connectivity index (χ1n) is 6.06. The molecule has 1 aliphatic rings. The van der Waals surface area contributed by atoms with Gasteiger partial charge in [0, 0.05) is 19.4 Å². The van der Waals surface area contributed by atoms with E-state index < -0.39 is 11.7 Å². The molecule has 0 aliphatic carbocycles. The molecule has 0 saturated carbocycles. The van der Waals surface area contributed by atoms with Gasteiger partial charge < -0.3 is 10.5 Å². The van der Waals surface area contributed by atoms with Crippen molar-refractivity contribution in [1.82, 2.24) is 0 Å². The summed E-state index contributed by atoms with van der Waals surface area (Å²) in [6.07, 6.45) is -3.94. The predicted octanol–water partition coefficient (Wildman–Crippen LogP) is 2.39. The molecule has 1 aliphatic heterocycles. The van der Waals surface area contributed by atoms with E-state index in [0.717, 1.165) is 6.07 Å². The van der Waals surface area contributed by atoms with Gasteiger partial charge in [-0.2, -0.15) is 13.2 Å². The molecule has 2 N–H and O–H groups in total. The third-order valence-corrected chi connectivity index (χ3v) is 2.90. The molecule has 2 rings (SSSR count). The van der Waals surface area contributed by atoms with Crippen LogP contribution in [-0.4, -0.2) is 25.1 Å². The number of hydrogen-bond donors (Lipinski definition) is 1. The van der Waals surface area contributed by atoms with E-state index in [1.54, 1.807) is 6.07 Å². The maximum absolute atomic E-state index is 12.8. The highest BCUT2D eigenvalue weighted by Crippen LogP contribution is 2.32. The largest absolute Gasteiger partial charge is 0.475 e. The van der Waals surface area contributed by atoms with Crippen LogP contribution in [0.3, 0.4) is 0 Å². The van der Waals surface area contributed by atoms with Gasteiger partial charge in [-0.3, -0.25) is 4.99 Å². The number of hydrogen-bond acceptors (Lipinski definition) is 3. The Bertz CT molecular complexity index is 471. The summed E-state index contributed by atoms with van der Waals surface area (Å²) in [7, 11) is 0. The quantitative estimate of drug-likeness (QED) is 0.914. The van der Waals surface area contributed by atoms with Crippen molar-refractivity contribution in [3.8, 4) is 0 Å². The summed E-state index contributed by atoms with van der Waals surface area (Å²) in [6, 6.07) is 5.55. The van der Waals surface area contributed by atoms with Crippen molar-refractivity contribution in [2.45, 2.75) is 25.1 Å². The number of rotatable bonds is 4. The van der Waals surface area contributed by atoms with Gasteiger partial charge in [-0.25, -0.2) is 0 Å². The minimum Gasteiger partial charge on any atom is -0.475 e. The molecule has 1 heterocycles. The van der Waals surface area contributed by atoms with Gasteiger partial charge in [-0.15, -0.1) is 0 Å². The Labute approximate surface area is 109 Å². The van der Waals surface area contributed by atoms with Crippen LogP contribution in [-0.2, 0) is 17.3 Å². The maximum atomic E-state index is 12.8. The Morgan fingerprint density at radius 1 is 1.32 bits per heavy atom. The van der Waals surface area contributed by atoms with E-state index in [-0.39, 0.29) is 18.1 Å². The standard InChI is InChI=1S/C13H15F3N2O/c14-13(15,16)11-4-2-1-3-9(11)7-10-8-18-12(19-10)5-6-17/h1-4,10H,5-8,17H2. The molecular formula is C13H15F3N2O. The first-order valence-corrected chi connectivity index (χ1v) is 6.06. The minimum absolute atomic E-state index is 0.202. The number of benzene rings is 1. The van der Waals surface area contributed by atoms with Gasteiger partial charge in [0.15, 0.2) is 5.90 Å². The van der Waals surface area contributed by atoms with Crippen LogP contribution < -0.4 is 5.73 Å². The Morgan fingerprint density at radius 2 is 2.05 bits per heavy atom. The molecule has 0 amide bonds. The van der Waals surface area contributed by atoms with Gasteiger partial charge in [-0.05, 0) is 11.6 Å². The minimum atomic E-state index is -4.34. The average Bonchev–Trinajstić information content (AvgIpc) is 2.76. The molecule has 1 unspecified atom stereocenters. The molecule has 1 aromatic carbocycles. The topological polar surface area (TPSA) is 47.6 Å². The van der Waals surface area contributed by atoms with Crippen LogP contribution in [0.4, 0.5) is 13.2 Å². The van der Waals surface area contributed by atoms with Crippen molar-refractivity contribution in [1.29, 1.82) is 0 Å². The first-order chi connectivity index (χ1) is 9.00. The molecule has 0 aromatic heterocycles. The van der Waals surface area contributed by atoms with Crippen molar-refractivity contribution in [2.24, 2.45) is 10.7 Å². The Hall–Kier alpha value is -1.56. The number of nitrogens with two attached hydrogens (primary N) is 1. The van der Waals surface area contributed by atoms with E-state index in [4.69, 9.17) is 10.5 Å². The molecule has 6 heteroatoms. The fourth-order valence-electron chi connectivity index (χ4n) is 2.06. The lowest BCUT2D eigenvalue weighted by atomic mass is 10.0. The lowest BCUT2D eigenvalue weighted by Crippen LogP contribution is -2.20. The molecule has 3 nitrogen and oxygen atoms in total. The summed E-state index contributed by atoms with van der Waals surface area (Å²) >= 11 is 0. The molecule has 19 heavy (non-hydrogen) atoms. The highest BCUT2D eigenvalue weighted by molar-refractivity contribution is 5.77. The van der Waals surface area contributed by atoms with Crippen molar-refractivity contribution in [2.75, 3.05) is 13.1 Å². The van der Waals surface area contributed by atoms with Crippen LogP contribution in [0.15, 0.2) is 29.3 Å². The van der Waals surface area contributed by atoms with E-state index in [9.17, 15) is 13.2 Å². The van der Waals surface area contributed by atoms with Crippen molar-refractivity contribution in [3.05, 3.63) is 35.4 Å². The zero-order valence-corrected chi connectivity index (χ0v) is 10.3. The lowest BCUT2D eigenvalue weighted by molar-refractivity contribution is -0.138. The van der Waals surface area contributed by atoms with Gasteiger partial charge in [0.1, 0.15) is 6.10 Å². The molecule has 0 saturated heterocycles. The highest BCUT2D eigenvalue weighted by Gasteiger charge is 2.34. The Balaban J connectivity index is 2.05. The third kappa shape index (κ3) is 3.47. The third-order valence-electron chi connectivity index (χ3n) is 2.90. The van der Waals surface area contributed by atoms with Gasteiger partial charge in [0.05, 0.1) is 12.1 Å². The van der Waals surface area contributed by atoms with Crippen molar-refractivity contribution >= 4 is 5.90 Å². The van der Waals surface area contributed by atoms with Gasteiger partial charge in [-0.1, -0.05) is 18.2 Å². The van der Waals surface area contributed by atoms with Crippen molar-refractivity contribution in [3.63, 3.8) is 0 Å². The SMILES string of the molecule is NCCC1=NCC(Cc2ccccc2C(F)(F)F)O1. The summed E-state index contributed by atoms with van der Waals surface area (Å²) in [5, 5.41) is 0. The van der Waals surface area contributed by atoms with E-state index in [1.165, 1.54) is 12.1 Å². The van der Waals surface area contributed by atoms with E-state index in [0.29, 0.717) is 25.4 Å². The molecule has 0 spiro atoms. The number of halogens is 3. The number of nitrogens with zero attached hydrogens (tertiary/aromatic N) is 1. The van der Waals surface area contributed by atoms with Crippen LogP contribution in [0.1, 0.15) is 17.5 Å². The molecule has 1 atom stereocenters. The molecule has 0 radical (unpaired) electrons. The van der Waals surface area contributed by atoms with Crippen LogP contribution in [0.5, 0.6) is 0 Å². The lowest BCUT2D eigenvalue weighted by Gasteiger charge is -2.16. The van der Waals surface area contributed by atoms with E-state index in [2.05, 4.69) is 4.99 Å². The van der Waals surface area contributed by atoms with Crippen LogP contribution in [0, 0.1) is 0 Å². The average molecular weight is 272 g/mol. The van der Waals surface area contributed by atoms with Gasteiger partial charge in [0.2, 0.25) is 0 Å².